The first-order valence-electron chi connectivity index (χ1n) is 9.05. The Kier molecular flexibility index (Phi) is 5.55. The van der Waals surface area contributed by atoms with Crippen LogP contribution in [0.25, 0.3) is 5.69 Å². The summed E-state index contributed by atoms with van der Waals surface area (Å²) in [5.41, 5.74) is 0.552. The van der Waals surface area contributed by atoms with Gasteiger partial charge < -0.3 is 5.32 Å². The monoisotopic (exact) mass is 387 g/mol. The third-order valence-corrected chi connectivity index (χ3v) is 4.88. The molecule has 8 heteroatoms. The summed E-state index contributed by atoms with van der Waals surface area (Å²) in [6, 6.07) is 9.36. The van der Waals surface area contributed by atoms with Crippen molar-refractivity contribution in [1.29, 1.82) is 0 Å². The molecule has 1 aromatic carbocycles. The Hall–Kier alpha value is -2.35. The minimum absolute atomic E-state index is 0.370. The molecule has 3 rings (SSSR count). The van der Waals surface area contributed by atoms with Crippen molar-refractivity contribution < 1.29 is 9.59 Å². The molecule has 0 saturated heterocycles. The highest BCUT2D eigenvalue weighted by Crippen LogP contribution is 2.40. The number of amides is 3. The van der Waals surface area contributed by atoms with Gasteiger partial charge in [0.25, 0.3) is 0 Å². The normalized spacial score (nSPS) is 15.3. The highest BCUT2D eigenvalue weighted by molar-refractivity contribution is 8.00. The zero-order valence-corrected chi connectivity index (χ0v) is 16.8. The molecule has 27 heavy (non-hydrogen) atoms. The zero-order chi connectivity index (χ0) is 19.6. The number of thioether (sulfide) groups is 1. The number of carbonyl (C=O) groups is 2. The van der Waals surface area contributed by atoms with Crippen molar-refractivity contribution in [1.82, 2.24) is 25.4 Å². The Labute approximate surface area is 163 Å². The van der Waals surface area contributed by atoms with Gasteiger partial charge in [0.2, 0.25) is 11.1 Å². The molecule has 1 aliphatic carbocycles. The summed E-state index contributed by atoms with van der Waals surface area (Å²) in [7, 11) is 0. The predicted molar refractivity (Wildman–Crippen MR) is 105 cm³/mol. The number of carbonyl (C=O) groups excluding carboxylic acids is 2. The number of urea groups is 1. The number of para-hydroxylation sites is 1. The van der Waals surface area contributed by atoms with E-state index in [1.165, 1.54) is 11.8 Å². The standard InChI is InChI=1S/C19H25N5O2S/c1-12(16(25)21-17(26)22-19(2,3)4)27-18-20-15(13-10-11-13)24(23-18)14-8-6-5-7-9-14/h5-9,12-13H,10-11H2,1-4H3,(H2,21,22,25,26). The largest absolute Gasteiger partial charge is 0.333 e. The van der Waals surface area contributed by atoms with Crippen LogP contribution in [0.4, 0.5) is 4.79 Å². The third-order valence-electron chi connectivity index (χ3n) is 3.93. The maximum Gasteiger partial charge on any atom is 0.321 e. The molecule has 1 fully saturated rings. The summed E-state index contributed by atoms with van der Waals surface area (Å²) in [5, 5.41) is 9.72. The second-order valence-corrected chi connectivity index (χ2v) is 9.04. The molecule has 1 atom stereocenters. The number of aromatic nitrogens is 3. The number of nitrogens with zero attached hydrogens (tertiary/aromatic N) is 3. The minimum Gasteiger partial charge on any atom is -0.333 e. The van der Waals surface area contributed by atoms with Crippen molar-refractivity contribution >= 4 is 23.7 Å². The number of hydrogen-bond donors (Lipinski definition) is 2. The van der Waals surface area contributed by atoms with Gasteiger partial charge >= 0.3 is 6.03 Å². The van der Waals surface area contributed by atoms with Gasteiger partial charge in [-0.25, -0.2) is 14.5 Å². The van der Waals surface area contributed by atoms with Crippen LogP contribution in [0.3, 0.4) is 0 Å². The van der Waals surface area contributed by atoms with Gasteiger partial charge in [0.1, 0.15) is 5.82 Å². The lowest BCUT2D eigenvalue weighted by Crippen LogP contribution is -2.49. The minimum atomic E-state index is -0.499. The Balaban J connectivity index is 1.68. The lowest BCUT2D eigenvalue weighted by Gasteiger charge is -2.20. The van der Waals surface area contributed by atoms with Crippen LogP contribution in [0.1, 0.15) is 52.3 Å². The van der Waals surface area contributed by atoms with Gasteiger partial charge in [0.05, 0.1) is 10.9 Å². The lowest BCUT2D eigenvalue weighted by molar-refractivity contribution is -0.119. The van der Waals surface area contributed by atoms with E-state index in [1.807, 2.05) is 55.8 Å². The second kappa shape index (κ2) is 7.72. The van der Waals surface area contributed by atoms with Crippen molar-refractivity contribution in [3.8, 4) is 5.69 Å². The molecule has 3 amide bonds. The van der Waals surface area contributed by atoms with Crippen molar-refractivity contribution in [2.24, 2.45) is 0 Å². The van der Waals surface area contributed by atoms with Gasteiger partial charge in [-0.1, -0.05) is 30.0 Å². The summed E-state index contributed by atoms with van der Waals surface area (Å²) in [6.45, 7) is 7.31. The number of nitrogens with one attached hydrogen (secondary N) is 2. The van der Waals surface area contributed by atoms with Crippen LogP contribution in [0.2, 0.25) is 0 Å². The number of rotatable bonds is 5. The molecule has 1 aromatic heterocycles. The van der Waals surface area contributed by atoms with E-state index in [2.05, 4.69) is 20.7 Å². The second-order valence-electron chi connectivity index (χ2n) is 7.73. The highest BCUT2D eigenvalue weighted by Gasteiger charge is 2.31. The molecule has 144 valence electrons. The van der Waals surface area contributed by atoms with E-state index in [0.717, 1.165) is 24.4 Å². The molecule has 2 aromatic rings. The summed E-state index contributed by atoms with van der Waals surface area (Å²) < 4.78 is 1.86. The van der Waals surface area contributed by atoms with Crippen LogP contribution in [0.5, 0.6) is 0 Å². The zero-order valence-electron chi connectivity index (χ0n) is 16.0. The first kappa shape index (κ1) is 19.4. The molecular weight excluding hydrogens is 362 g/mol. The van der Waals surface area contributed by atoms with Gasteiger partial charge in [-0.05, 0) is 52.7 Å². The maximum absolute atomic E-state index is 12.3. The number of hydrogen-bond acceptors (Lipinski definition) is 5. The first-order valence-corrected chi connectivity index (χ1v) is 9.93. The summed E-state index contributed by atoms with van der Waals surface area (Å²) >= 11 is 1.25. The van der Waals surface area contributed by atoms with Gasteiger partial charge in [-0.3, -0.25) is 10.1 Å². The SMILES string of the molecule is CC(Sc1nc(C2CC2)n(-c2ccccc2)n1)C(=O)NC(=O)NC(C)(C)C. The Bertz CT molecular complexity index is 824. The van der Waals surface area contributed by atoms with Gasteiger partial charge in [-0.2, -0.15) is 0 Å². The molecule has 0 aliphatic heterocycles. The molecule has 1 heterocycles. The number of imide groups is 1. The lowest BCUT2D eigenvalue weighted by atomic mass is 10.1. The van der Waals surface area contributed by atoms with E-state index in [1.54, 1.807) is 6.92 Å². The van der Waals surface area contributed by atoms with Crippen LogP contribution in [-0.4, -0.2) is 37.5 Å². The van der Waals surface area contributed by atoms with E-state index >= 15 is 0 Å². The Morgan fingerprint density at radius 3 is 2.48 bits per heavy atom. The van der Waals surface area contributed by atoms with Crippen molar-refractivity contribution in [2.75, 3.05) is 0 Å². The quantitative estimate of drug-likeness (QED) is 0.769. The summed E-state index contributed by atoms with van der Waals surface area (Å²) in [4.78, 5) is 28.8. The Morgan fingerprint density at radius 2 is 1.89 bits per heavy atom. The Morgan fingerprint density at radius 1 is 1.22 bits per heavy atom. The van der Waals surface area contributed by atoms with E-state index in [-0.39, 0.29) is 5.91 Å². The molecule has 1 unspecified atom stereocenters. The average Bonchev–Trinajstić information content (AvgIpc) is 3.34. The van der Waals surface area contributed by atoms with Gasteiger partial charge in [0.15, 0.2) is 0 Å². The number of benzene rings is 1. The van der Waals surface area contributed by atoms with Crippen molar-refractivity contribution in [3.05, 3.63) is 36.2 Å². The molecular formula is C19H25N5O2S. The van der Waals surface area contributed by atoms with Crippen LogP contribution in [0, 0.1) is 0 Å². The maximum atomic E-state index is 12.3. The fourth-order valence-corrected chi connectivity index (χ4v) is 3.27. The molecule has 0 bridgehead atoms. The van der Waals surface area contributed by atoms with Gasteiger partial charge in [-0.15, -0.1) is 5.10 Å². The van der Waals surface area contributed by atoms with Gasteiger partial charge in [0, 0.05) is 11.5 Å². The van der Waals surface area contributed by atoms with E-state index < -0.39 is 16.8 Å². The van der Waals surface area contributed by atoms with Crippen LogP contribution in [-0.2, 0) is 4.79 Å². The molecule has 1 aliphatic rings. The highest BCUT2D eigenvalue weighted by atomic mass is 32.2. The fourth-order valence-electron chi connectivity index (χ4n) is 2.52. The van der Waals surface area contributed by atoms with E-state index in [0.29, 0.717) is 11.1 Å². The van der Waals surface area contributed by atoms with Crippen molar-refractivity contribution in [2.45, 2.75) is 62.4 Å². The molecule has 0 radical (unpaired) electrons. The molecule has 0 spiro atoms. The van der Waals surface area contributed by atoms with Crippen LogP contribution < -0.4 is 10.6 Å². The topological polar surface area (TPSA) is 88.9 Å². The molecule has 7 nitrogen and oxygen atoms in total. The first-order chi connectivity index (χ1) is 12.7. The van der Waals surface area contributed by atoms with Crippen LogP contribution in [0.15, 0.2) is 35.5 Å². The summed E-state index contributed by atoms with van der Waals surface area (Å²) in [6.07, 6.45) is 2.22. The molecule has 2 N–H and O–H groups in total. The predicted octanol–water partition coefficient (Wildman–Crippen LogP) is 3.25. The van der Waals surface area contributed by atoms with Crippen LogP contribution >= 0.6 is 11.8 Å². The molecule has 1 saturated carbocycles. The van der Waals surface area contributed by atoms with E-state index in [4.69, 9.17) is 0 Å². The average molecular weight is 388 g/mol. The fraction of sp³-hybridized carbons (Fsp3) is 0.474. The van der Waals surface area contributed by atoms with Crippen molar-refractivity contribution in [3.63, 3.8) is 0 Å². The smallest absolute Gasteiger partial charge is 0.321 e. The van der Waals surface area contributed by atoms with E-state index in [9.17, 15) is 9.59 Å². The summed E-state index contributed by atoms with van der Waals surface area (Å²) in [5.74, 6) is 0.987. The third kappa shape index (κ3) is 5.32.